The highest BCUT2D eigenvalue weighted by Crippen LogP contribution is 2.25. The molecule has 0 spiro atoms. The van der Waals surface area contributed by atoms with Crippen molar-refractivity contribution in [1.82, 2.24) is 4.57 Å². The van der Waals surface area contributed by atoms with E-state index in [0.717, 1.165) is 0 Å². The number of halogens is 1. The minimum Gasteiger partial charge on any atom is -0.396 e. The van der Waals surface area contributed by atoms with Crippen molar-refractivity contribution in [3.05, 3.63) is 21.0 Å². The van der Waals surface area contributed by atoms with Crippen molar-refractivity contribution in [2.75, 3.05) is 12.8 Å². The number of azo groups is 1. The average molecular weight is 245 g/mol. The van der Waals surface area contributed by atoms with E-state index in [-0.39, 0.29) is 11.2 Å². The number of aryl methyl sites for hydroxylation is 1. The van der Waals surface area contributed by atoms with Crippen molar-refractivity contribution in [3.63, 3.8) is 0 Å². The highest BCUT2D eigenvalue weighted by atomic mass is 79.9. The minimum atomic E-state index is -0.258. The van der Waals surface area contributed by atoms with E-state index in [1.54, 1.807) is 13.2 Å². The molecule has 0 aliphatic carbocycles. The maximum Gasteiger partial charge on any atom is 0.280 e. The fourth-order valence-corrected chi connectivity index (χ4v) is 1.39. The number of aromatic nitrogens is 1. The molecule has 70 valence electrons. The lowest BCUT2D eigenvalue weighted by molar-refractivity contribution is 0.853. The van der Waals surface area contributed by atoms with Gasteiger partial charge in [0.1, 0.15) is 0 Å². The van der Waals surface area contributed by atoms with Crippen LogP contribution in [0, 0.1) is 0 Å². The fourth-order valence-electron chi connectivity index (χ4n) is 0.890. The van der Waals surface area contributed by atoms with E-state index in [1.807, 2.05) is 0 Å². The van der Waals surface area contributed by atoms with Gasteiger partial charge in [-0.1, -0.05) is 0 Å². The molecule has 0 aliphatic heterocycles. The summed E-state index contributed by atoms with van der Waals surface area (Å²) in [5.74, 6) is 0. The van der Waals surface area contributed by atoms with Gasteiger partial charge in [-0.2, -0.15) is 5.11 Å². The van der Waals surface area contributed by atoms with Gasteiger partial charge in [0.05, 0.1) is 10.2 Å². The van der Waals surface area contributed by atoms with E-state index in [0.29, 0.717) is 10.2 Å². The van der Waals surface area contributed by atoms with E-state index in [1.165, 1.54) is 11.6 Å². The molecule has 0 saturated carbocycles. The molecular formula is C7H9BrN4O. The fraction of sp³-hybridized carbons (Fsp3) is 0.286. The lowest BCUT2D eigenvalue weighted by Gasteiger charge is -2.04. The number of rotatable bonds is 1. The Morgan fingerprint density at radius 2 is 2.23 bits per heavy atom. The van der Waals surface area contributed by atoms with E-state index in [9.17, 15) is 4.79 Å². The maximum atomic E-state index is 11.4. The molecule has 0 saturated heterocycles. The van der Waals surface area contributed by atoms with Crippen molar-refractivity contribution in [2.24, 2.45) is 17.3 Å². The molecule has 1 aromatic rings. The van der Waals surface area contributed by atoms with E-state index < -0.39 is 0 Å². The normalized spacial score (nSPS) is 11.0. The monoisotopic (exact) mass is 244 g/mol. The Bertz CT molecular complexity index is 410. The second-order valence-corrected chi connectivity index (χ2v) is 3.31. The number of anilines is 1. The predicted octanol–water partition coefficient (Wildman–Crippen LogP) is 1.44. The predicted molar refractivity (Wildman–Crippen MR) is 54.2 cm³/mol. The highest BCUT2D eigenvalue weighted by Gasteiger charge is 2.09. The van der Waals surface area contributed by atoms with Crippen molar-refractivity contribution >= 4 is 27.3 Å². The second kappa shape index (κ2) is 3.69. The number of hydrogen-bond acceptors (Lipinski definition) is 4. The molecule has 1 heterocycles. The largest absolute Gasteiger partial charge is 0.396 e. The SMILES string of the molecule is CN=Nc1c(N)c(Br)cn(C)c1=O. The van der Waals surface area contributed by atoms with Crippen molar-refractivity contribution in [3.8, 4) is 0 Å². The molecule has 0 aromatic carbocycles. The molecule has 13 heavy (non-hydrogen) atoms. The quantitative estimate of drug-likeness (QED) is 0.760. The molecule has 0 unspecified atom stereocenters. The van der Waals surface area contributed by atoms with Crippen LogP contribution in [0.4, 0.5) is 11.4 Å². The molecule has 1 aromatic heterocycles. The van der Waals surface area contributed by atoms with Crippen LogP contribution in [0.3, 0.4) is 0 Å². The lowest BCUT2D eigenvalue weighted by Crippen LogP contribution is -2.17. The van der Waals surface area contributed by atoms with Crippen LogP contribution in [0.25, 0.3) is 0 Å². The van der Waals surface area contributed by atoms with Gasteiger partial charge in [-0.3, -0.25) is 4.79 Å². The third-order valence-electron chi connectivity index (χ3n) is 1.54. The first kappa shape index (κ1) is 9.91. The number of nitrogens with two attached hydrogens (primary N) is 1. The third-order valence-corrected chi connectivity index (χ3v) is 2.17. The van der Waals surface area contributed by atoms with E-state index in [4.69, 9.17) is 5.73 Å². The summed E-state index contributed by atoms with van der Waals surface area (Å²) >= 11 is 3.21. The van der Waals surface area contributed by atoms with Gasteiger partial charge in [-0.15, -0.1) is 5.11 Å². The van der Waals surface area contributed by atoms with Crippen molar-refractivity contribution < 1.29 is 0 Å². The first-order valence-electron chi connectivity index (χ1n) is 3.52. The standard InChI is InChI=1S/C7H9BrN4O/c1-10-11-6-5(9)4(8)3-12(2)7(6)13/h3H,9H2,1-2H3. The van der Waals surface area contributed by atoms with Gasteiger partial charge in [-0.05, 0) is 15.9 Å². The Balaban J connectivity index is 3.56. The number of hydrogen-bond donors (Lipinski definition) is 1. The Hall–Kier alpha value is -1.17. The molecule has 0 bridgehead atoms. The van der Waals surface area contributed by atoms with Crippen LogP contribution in [-0.4, -0.2) is 11.6 Å². The summed E-state index contributed by atoms with van der Waals surface area (Å²) in [5.41, 5.74) is 5.85. The smallest absolute Gasteiger partial charge is 0.280 e. The number of nitrogen functional groups attached to an aromatic ring is 1. The number of nitrogens with zero attached hydrogens (tertiary/aromatic N) is 3. The van der Waals surface area contributed by atoms with Gasteiger partial charge >= 0.3 is 0 Å². The van der Waals surface area contributed by atoms with Crippen LogP contribution in [-0.2, 0) is 7.05 Å². The van der Waals surface area contributed by atoms with Crippen LogP contribution in [0.1, 0.15) is 0 Å². The molecule has 0 radical (unpaired) electrons. The first-order valence-corrected chi connectivity index (χ1v) is 4.31. The lowest BCUT2D eigenvalue weighted by atomic mass is 10.3. The molecule has 0 aliphatic rings. The summed E-state index contributed by atoms with van der Waals surface area (Å²) in [6.07, 6.45) is 1.59. The van der Waals surface area contributed by atoms with Crippen LogP contribution < -0.4 is 11.3 Å². The average Bonchev–Trinajstić information content (AvgIpc) is 2.09. The number of pyridine rings is 1. The van der Waals surface area contributed by atoms with Crippen LogP contribution >= 0.6 is 15.9 Å². The zero-order valence-electron chi connectivity index (χ0n) is 7.28. The van der Waals surface area contributed by atoms with Gasteiger partial charge in [-0.25, -0.2) is 0 Å². The van der Waals surface area contributed by atoms with Gasteiger partial charge in [0, 0.05) is 20.3 Å². The summed E-state index contributed by atoms with van der Waals surface area (Å²) < 4.78 is 2.03. The summed E-state index contributed by atoms with van der Waals surface area (Å²) in [6.45, 7) is 0. The first-order chi connectivity index (χ1) is 6.07. The van der Waals surface area contributed by atoms with E-state index >= 15 is 0 Å². The second-order valence-electron chi connectivity index (χ2n) is 2.46. The Kier molecular flexibility index (Phi) is 2.82. The third kappa shape index (κ3) is 1.77. The van der Waals surface area contributed by atoms with E-state index in [2.05, 4.69) is 26.2 Å². The molecule has 5 nitrogen and oxygen atoms in total. The molecular weight excluding hydrogens is 236 g/mol. The minimum absolute atomic E-state index is 0.166. The van der Waals surface area contributed by atoms with Crippen LogP contribution in [0.2, 0.25) is 0 Å². The van der Waals surface area contributed by atoms with Crippen molar-refractivity contribution in [2.45, 2.75) is 0 Å². The molecule has 2 N–H and O–H groups in total. The summed E-state index contributed by atoms with van der Waals surface area (Å²) in [5, 5.41) is 7.18. The van der Waals surface area contributed by atoms with Crippen LogP contribution in [0.15, 0.2) is 25.7 Å². The Morgan fingerprint density at radius 1 is 1.62 bits per heavy atom. The summed E-state index contributed by atoms with van der Waals surface area (Å²) in [7, 11) is 3.11. The summed E-state index contributed by atoms with van der Waals surface area (Å²) in [6, 6.07) is 0. The van der Waals surface area contributed by atoms with Gasteiger partial charge in [0.25, 0.3) is 5.56 Å². The zero-order valence-corrected chi connectivity index (χ0v) is 8.87. The van der Waals surface area contributed by atoms with Gasteiger partial charge in [0.2, 0.25) is 0 Å². The zero-order chi connectivity index (χ0) is 10.0. The molecule has 1 rings (SSSR count). The van der Waals surface area contributed by atoms with Gasteiger partial charge < -0.3 is 10.3 Å². The maximum absolute atomic E-state index is 11.4. The summed E-state index contributed by atoms with van der Waals surface area (Å²) in [4.78, 5) is 11.4. The molecule has 6 heteroatoms. The Morgan fingerprint density at radius 3 is 2.77 bits per heavy atom. The van der Waals surface area contributed by atoms with Gasteiger partial charge in [0.15, 0.2) is 5.69 Å². The Labute approximate surface area is 83.4 Å². The molecule has 0 amide bonds. The molecule has 0 atom stereocenters. The molecule has 0 fully saturated rings. The topological polar surface area (TPSA) is 72.7 Å². The van der Waals surface area contributed by atoms with Crippen LogP contribution in [0.5, 0.6) is 0 Å². The van der Waals surface area contributed by atoms with Crippen molar-refractivity contribution in [1.29, 1.82) is 0 Å². The highest BCUT2D eigenvalue weighted by molar-refractivity contribution is 9.10.